The van der Waals surface area contributed by atoms with Gasteiger partial charge in [-0.3, -0.25) is 9.78 Å². The van der Waals surface area contributed by atoms with E-state index in [0.717, 1.165) is 4.31 Å². The molecule has 0 fully saturated rings. The van der Waals surface area contributed by atoms with Crippen molar-refractivity contribution in [2.45, 2.75) is 17.7 Å². The number of hydrogen-bond donors (Lipinski definition) is 1. The zero-order valence-corrected chi connectivity index (χ0v) is 10.6. The van der Waals surface area contributed by atoms with E-state index in [1.54, 1.807) is 0 Å². The number of rotatable bonds is 4. The maximum atomic E-state index is 11.7. The summed E-state index contributed by atoms with van der Waals surface area (Å²) in [5.74, 6) is -1.76. The first kappa shape index (κ1) is 13.6. The number of sulfonamides is 1. The Balaban J connectivity index is 3.09. The summed E-state index contributed by atoms with van der Waals surface area (Å²) in [5, 5.41) is 8.79. The van der Waals surface area contributed by atoms with E-state index >= 15 is 0 Å². The van der Waals surface area contributed by atoms with Gasteiger partial charge in [0.1, 0.15) is 4.90 Å². The van der Waals surface area contributed by atoms with Crippen LogP contribution in [0.4, 0.5) is 0 Å². The molecule has 7 heteroatoms. The van der Waals surface area contributed by atoms with E-state index in [2.05, 4.69) is 4.98 Å². The Morgan fingerprint density at radius 1 is 1.41 bits per heavy atom. The van der Waals surface area contributed by atoms with E-state index in [9.17, 15) is 13.2 Å². The van der Waals surface area contributed by atoms with Crippen LogP contribution >= 0.6 is 0 Å². The van der Waals surface area contributed by atoms with Crippen LogP contribution in [0.15, 0.2) is 23.2 Å². The highest BCUT2D eigenvalue weighted by molar-refractivity contribution is 7.89. The van der Waals surface area contributed by atoms with Crippen molar-refractivity contribution in [1.82, 2.24) is 9.29 Å². The van der Waals surface area contributed by atoms with Gasteiger partial charge in [0, 0.05) is 20.3 Å². The van der Waals surface area contributed by atoms with Crippen molar-refractivity contribution in [3.05, 3.63) is 24.0 Å². The summed E-state index contributed by atoms with van der Waals surface area (Å²) in [5.41, 5.74) is 0.329. The molecule has 1 unspecified atom stereocenters. The van der Waals surface area contributed by atoms with Gasteiger partial charge in [0.15, 0.2) is 0 Å². The highest BCUT2D eigenvalue weighted by Gasteiger charge is 2.19. The van der Waals surface area contributed by atoms with E-state index in [4.69, 9.17) is 5.11 Å². The fraction of sp³-hybridized carbons (Fsp3) is 0.400. The minimum absolute atomic E-state index is 0.0452. The molecule has 0 aliphatic carbocycles. The highest BCUT2D eigenvalue weighted by atomic mass is 32.2. The first-order valence-electron chi connectivity index (χ1n) is 4.88. The largest absolute Gasteiger partial charge is 0.481 e. The van der Waals surface area contributed by atoms with Crippen molar-refractivity contribution in [2.24, 2.45) is 0 Å². The van der Waals surface area contributed by atoms with Crippen LogP contribution in [0.1, 0.15) is 18.5 Å². The molecule has 1 aromatic heterocycles. The van der Waals surface area contributed by atoms with Crippen LogP contribution in [0, 0.1) is 0 Å². The smallest absolute Gasteiger partial charge is 0.312 e. The molecule has 1 heterocycles. The Kier molecular flexibility index (Phi) is 3.84. The predicted octanol–water partition coefficient (Wildman–Crippen LogP) is 0.520. The topological polar surface area (TPSA) is 87.6 Å². The zero-order chi connectivity index (χ0) is 13.2. The lowest BCUT2D eigenvalue weighted by Crippen LogP contribution is -2.22. The van der Waals surface area contributed by atoms with Gasteiger partial charge in [0.25, 0.3) is 0 Å². The SMILES string of the molecule is CC(C(=O)O)c1ccc(S(=O)(=O)N(C)C)cn1. The van der Waals surface area contributed by atoms with Gasteiger partial charge in [-0.1, -0.05) is 0 Å². The molecule has 0 aliphatic heterocycles. The second-order valence-corrected chi connectivity index (χ2v) is 5.92. The number of pyridine rings is 1. The first-order chi connectivity index (χ1) is 7.76. The predicted molar refractivity (Wildman–Crippen MR) is 61.2 cm³/mol. The molecule has 0 aliphatic rings. The van der Waals surface area contributed by atoms with Crippen LogP contribution < -0.4 is 0 Å². The minimum Gasteiger partial charge on any atom is -0.481 e. The molecule has 1 N–H and O–H groups in total. The third-order valence-electron chi connectivity index (χ3n) is 2.35. The summed E-state index contributed by atoms with van der Waals surface area (Å²) in [6.07, 6.45) is 1.17. The molecule has 0 radical (unpaired) electrons. The summed E-state index contributed by atoms with van der Waals surface area (Å²) in [6.45, 7) is 1.49. The van der Waals surface area contributed by atoms with Crippen LogP contribution in [0.3, 0.4) is 0 Å². The molecule has 0 saturated heterocycles. The van der Waals surface area contributed by atoms with Crippen LogP contribution in [-0.2, 0) is 14.8 Å². The molecule has 0 saturated carbocycles. The summed E-state index contributed by atoms with van der Waals surface area (Å²) in [7, 11) is -0.677. The fourth-order valence-electron chi connectivity index (χ4n) is 1.14. The average molecular weight is 258 g/mol. The van der Waals surface area contributed by atoms with Crippen LogP contribution in [-0.4, -0.2) is 42.9 Å². The molecule has 94 valence electrons. The molecule has 1 aromatic rings. The van der Waals surface area contributed by atoms with Crippen LogP contribution in [0.25, 0.3) is 0 Å². The molecule has 1 rings (SSSR count). The van der Waals surface area contributed by atoms with Gasteiger partial charge < -0.3 is 5.11 Å². The lowest BCUT2D eigenvalue weighted by Gasteiger charge is -2.11. The maximum absolute atomic E-state index is 11.7. The second kappa shape index (κ2) is 4.80. The Hall–Kier alpha value is -1.47. The van der Waals surface area contributed by atoms with Crippen molar-refractivity contribution >= 4 is 16.0 Å². The monoisotopic (exact) mass is 258 g/mol. The van der Waals surface area contributed by atoms with Crippen molar-refractivity contribution in [1.29, 1.82) is 0 Å². The van der Waals surface area contributed by atoms with Crippen molar-refractivity contribution < 1.29 is 18.3 Å². The Morgan fingerprint density at radius 3 is 2.35 bits per heavy atom. The quantitative estimate of drug-likeness (QED) is 0.850. The summed E-state index contributed by atoms with van der Waals surface area (Å²) < 4.78 is 24.5. The van der Waals surface area contributed by atoms with Crippen molar-refractivity contribution in [2.75, 3.05) is 14.1 Å². The third kappa shape index (κ3) is 2.80. The molecule has 0 spiro atoms. The van der Waals surface area contributed by atoms with Crippen molar-refractivity contribution in [3.8, 4) is 0 Å². The molecule has 17 heavy (non-hydrogen) atoms. The van der Waals surface area contributed by atoms with Gasteiger partial charge in [-0.15, -0.1) is 0 Å². The van der Waals surface area contributed by atoms with Gasteiger partial charge in [0.2, 0.25) is 10.0 Å². The minimum atomic E-state index is -3.52. The van der Waals surface area contributed by atoms with E-state index < -0.39 is 21.9 Å². The molecule has 0 bridgehead atoms. The van der Waals surface area contributed by atoms with E-state index in [0.29, 0.717) is 5.69 Å². The Labute approximate surface area is 100.0 Å². The number of nitrogens with zero attached hydrogens (tertiary/aromatic N) is 2. The summed E-state index contributed by atoms with van der Waals surface area (Å²) in [4.78, 5) is 14.6. The second-order valence-electron chi connectivity index (χ2n) is 3.77. The maximum Gasteiger partial charge on any atom is 0.312 e. The van der Waals surface area contributed by atoms with E-state index in [1.165, 1.54) is 39.3 Å². The van der Waals surface area contributed by atoms with Gasteiger partial charge in [0.05, 0.1) is 11.6 Å². The molecule has 1 atom stereocenters. The van der Waals surface area contributed by atoms with Gasteiger partial charge in [-0.05, 0) is 19.1 Å². The highest BCUT2D eigenvalue weighted by Crippen LogP contribution is 2.16. The molecular weight excluding hydrogens is 244 g/mol. The number of carboxylic acids is 1. The van der Waals surface area contributed by atoms with E-state index in [-0.39, 0.29) is 4.90 Å². The van der Waals surface area contributed by atoms with Gasteiger partial charge in [-0.25, -0.2) is 12.7 Å². The lowest BCUT2D eigenvalue weighted by atomic mass is 10.1. The molecule has 0 aromatic carbocycles. The first-order valence-corrected chi connectivity index (χ1v) is 6.32. The van der Waals surface area contributed by atoms with Crippen molar-refractivity contribution in [3.63, 3.8) is 0 Å². The number of aliphatic carboxylic acids is 1. The third-order valence-corrected chi connectivity index (χ3v) is 4.15. The Bertz CT molecular complexity index is 508. The number of carbonyl (C=O) groups is 1. The number of hydrogen-bond acceptors (Lipinski definition) is 4. The standard InChI is InChI=1S/C10H14N2O4S/c1-7(10(13)14)9-5-4-8(6-11-9)17(15,16)12(2)3/h4-7H,1-3H3,(H,13,14). The average Bonchev–Trinajstić information content (AvgIpc) is 2.27. The Morgan fingerprint density at radius 2 is 2.00 bits per heavy atom. The normalized spacial score (nSPS) is 13.6. The zero-order valence-electron chi connectivity index (χ0n) is 9.78. The number of aromatic nitrogens is 1. The van der Waals surface area contributed by atoms with Crippen LogP contribution in [0.5, 0.6) is 0 Å². The van der Waals surface area contributed by atoms with Crippen LogP contribution in [0.2, 0.25) is 0 Å². The number of carboxylic acid groups (broad SMARTS) is 1. The summed E-state index contributed by atoms with van der Waals surface area (Å²) >= 11 is 0. The molecular formula is C10H14N2O4S. The summed E-state index contributed by atoms with van der Waals surface area (Å²) in [6, 6.07) is 2.77. The van der Waals surface area contributed by atoms with Gasteiger partial charge >= 0.3 is 5.97 Å². The molecule has 6 nitrogen and oxygen atoms in total. The van der Waals surface area contributed by atoms with Gasteiger partial charge in [-0.2, -0.15) is 0 Å². The molecule has 0 amide bonds. The fourth-order valence-corrected chi connectivity index (χ4v) is 1.99. The van der Waals surface area contributed by atoms with E-state index in [1.807, 2.05) is 0 Å². The lowest BCUT2D eigenvalue weighted by molar-refractivity contribution is -0.138.